The molecule has 0 unspecified atom stereocenters. The zero-order chi connectivity index (χ0) is 11.5. The molecule has 0 aliphatic carbocycles. The van der Waals surface area contributed by atoms with E-state index in [0.717, 1.165) is 5.56 Å². The molecule has 2 rings (SSSR count). The van der Waals surface area contributed by atoms with Crippen molar-refractivity contribution in [2.75, 3.05) is 0 Å². The lowest BCUT2D eigenvalue weighted by Crippen LogP contribution is -2.11. The highest BCUT2D eigenvalue weighted by atomic mass is 79.9. The molecule has 0 aliphatic rings. The van der Waals surface area contributed by atoms with Gasteiger partial charge >= 0.3 is 0 Å². The Morgan fingerprint density at radius 3 is 2.81 bits per heavy atom. The van der Waals surface area contributed by atoms with Gasteiger partial charge in [-0.1, -0.05) is 29.8 Å². The lowest BCUT2D eigenvalue weighted by Gasteiger charge is -2.03. The van der Waals surface area contributed by atoms with Crippen LogP contribution in [-0.2, 0) is 6.42 Å². The molecule has 0 saturated carbocycles. The van der Waals surface area contributed by atoms with E-state index in [2.05, 4.69) is 25.9 Å². The van der Waals surface area contributed by atoms with E-state index in [1.54, 1.807) is 0 Å². The molecule has 1 heterocycles. The second kappa shape index (κ2) is 4.80. The molecule has 16 heavy (non-hydrogen) atoms. The minimum atomic E-state index is -0.183. The van der Waals surface area contributed by atoms with Crippen molar-refractivity contribution in [2.45, 2.75) is 6.42 Å². The topological polar surface area (TPSA) is 45.8 Å². The van der Waals surface area contributed by atoms with Crippen LogP contribution in [0.25, 0.3) is 0 Å². The first-order valence-corrected chi connectivity index (χ1v) is 5.81. The summed E-state index contributed by atoms with van der Waals surface area (Å²) in [5.74, 6) is 0.598. The second-order valence-corrected chi connectivity index (χ2v) is 4.54. The number of rotatable bonds is 2. The molecule has 1 N–H and O–H groups in total. The van der Waals surface area contributed by atoms with Crippen LogP contribution in [-0.4, -0.2) is 9.97 Å². The number of aromatic nitrogens is 2. The van der Waals surface area contributed by atoms with Crippen LogP contribution in [0, 0.1) is 0 Å². The van der Waals surface area contributed by atoms with Gasteiger partial charge in [-0.3, -0.25) is 4.79 Å². The molecule has 1 aromatic carbocycles. The highest BCUT2D eigenvalue weighted by molar-refractivity contribution is 9.10. The molecule has 1 aromatic heterocycles. The first-order chi connectivity index (χ1) is 7.66. The van der Waals surface area contributed by atoms with Gasteiger partial charge in [-0.05, 0) is 27.6 Å². The lowest BCUT2D eigenvalue weighted by molar-refractivity contribution is 0.938. The third-order valence-corrected chi connectivity index (χ3v) is 3.06. The summed E-state index contributed by atoms with van der Waals surface area (Å²) in [5, 5.41) is 0.674. The Morgan fingerprint density at radius 2 is 2.12 bits per heavy atom. The molecule has 0 atom stereocenters. The first kappa shape index (κ1) is 11.4. The van der Waals surface area contributed by atoms with E-state index >= 15 is 0 Å². The molecule has 0 spiro atoms. The fourth-order valence-corrected chi connectivity index (χ4v) is 1.73. The Morgan fingerprint density at radius 1 is 1.38 bits per heavy atom. The molecule has 2 aromatic rings. The van der Waals surface area contributed by atoms with Crippen molar-refractivity contribution >= 4 is 27.5 Å². The van der Waals surface area contributed by atoms with Crippen molar-refractivity contribution < 1.29 is 0 Å². The van der Waals surface area contributed by atoms with Gasteiger partial charge in [0.05, 0.1) is 0 Å². The highest BCUT2D eigenvalue weighted by Crippen LogP contribution is 2.17. The number of nitrogens with one attached hydrogen (secondary N) is 1. The van der Waals surface area contributed by atoms with Gasteiger partial charge in [0.25, 0.3) is 5.56 Å². The van der Waals surface area contributed by atoms with E-state index in [9.17, 15) is 4.79 Å². The van der Waals surface area contributed by atoms with Crippen molar-refractivity contribution in [1.82, 2.24) is 9.97 Å². The van der Waals surface area contributed by atoms with Crippen LogP contribution in [0.15, 0.2) is 39.7 Å². The normalized spacial score (nSPS) is 10.4. The van der Waals surface area contributed by atoms with Gasteiger partial charge < -0.3 is 4.98 Å². The molecule has 5 heteroatoms. The quantitative estimate of drug-likeness (QED) is 0.927. The van der Waals surface area contributed by atoms with Gasteiger partial charge in [-0.2, -0.15) is 0 Å². The number of hydrogen-bond donors (Lipinski definition) is 1. The lowest BCUT2D eigenvalue weighted by atomic mass is 10.1. The third-order valence-electron chi connectivity index (χ3n) is 2.12. The predicted molar refractivity (Wildman–Crippen MR) is 66.8 cm³/mol. The molecule has 82 valence electrons. The SMILES string of the molecule is O=c1[nH]c(Cc2ccccc2Cl)ncc1Br. The van der Waals surface area contributed by atoms with Gasteiger partial charge in [-0.15, -0.1) is 0 Å². The van der Waals surface area contributed by atoms with E-state index in [0.29, 0.717) is 21.7 Å². The molecule has 0 fully saturated rings. The minimum absolute atomic E-state index is 0.183. The maximum atomic E-state index is 11.3. The maximum absolute atomic E-state index is 11.3. The van der Waals surface area contributed by atoms with Crippen LogP contribution in [0.1, 0.15) is 11.4 Å². The average Bonchev–Trinajstić information content (AvgIpc) is 2.27. The highest BCUT2D eigenvalue weighted by Gasteiger charge is 2.04. The van der Waals surface area contributed by atoms with Gasteiger partial charge in [0.2, 0.25) is 0 Å². The number of halogens is 2. The zero-order valence-electron chi connectivity index (χ0n) is 8.21. The molecule has 0 amide bonds. The minimum Gasteiger partial charge on any atom is -0.309 e. The van der Waals surface area contributed by atoms with Crippen LogP contribution in [0.4, 0.5) is 0 Å². The number of H-pyrrole nitrogens is 1. The van der Waals surface area contributed by atoms with E-state index in [1.807, 2.05) is 24.3 Å². The van der Waals surface area contributed by atoms with Gasteiger partial charge in [-0.25, -0.2) is 4.98 Å². The number of nitrogens with zero attached hydrogens (tertiary/aromatic N) is 1. The summed E-state index contributed by atoms with van der Waals surface area (Å²) in [4.78, 5) is 18.1. The van der Waals surface area contributed by atoms with Crippen molar-refractivity contribution in [3.8, 4) is 0 Å². The van der Waals surface area contributed by atoms with Gasteiger partial charge in [0.1, 0.15) is 10.3 Å². The molecule has 0 aliphatic heterocycles. The third kappa shape index (κ3) is 2.51. The summed E-state index contributed by atoms with van der Waals surface area (Å²) in [7, 11) is 0. The fraction of sp³-hybridized carbons (Fsp3) is 0.0909. The van der Waals surface area contributed by atoms with Crippen LogP contribution in [0.5, 0.6) is 0 Å². The number of benzene rings is 1. The van der Waals surface area contributed by atoms with Gasteiger partial charge in [0.15, 0.2) is 0 Å². The molecule has 0 bridgehead atoms. The fourth-order valence-electron chi connectivity index (χ4n) is 1.33. The molecule has 0 radical (unpaired) electrons. The molecule has 3 nitrogen and oxygen atoms in total. The average molecular weight is 300 g/mol. The van der Waals surface area contributed by atoms with Crippen molar-refractivity contribution in [3.05, 3.63) is 61.7 Å². The summed E-state index contributed by atoms with van der Waals surface area (Å²) in [6.45, 7) is 0. The summed E-state index contributed by atoms with van der Waals surface area (Å²) in [6.07, 6.45) is 2.01. The van der Waals surface area contributed by atoms with E-state index in [-0.39, 0.29) is 5.56 Å². The van der Waals surface area contributed by atoms with Crippen LogP contribution in [0.2, 0.25) is 5.02 Å². The predicted octanol–water partition coefficient (Wildman–Crippen LogP) is 2.78. The summed E-state index contributed by atoms with van der Waals surface area (Å²) < 4.78 is 0.426. The van der Waals surface area contributed by atoms with Crippen LogP contribution < -0.4 is 5.56 Å². The smallest absolute Gasteiger partial charge is 0.265 e. The summed E-state index contributed by atoms with van der Waals surface area (Å²) >= 11 is 9.11. The maximum Gasteiger partial charge on any atom is 0.265 e. The Kier molecular flexibility index (Phi) is 3.41. The first-order valence-electron chi connectivity index (χ1n) is 4.64. The largest absolute Gasteiger partial charge is 0.309 e. The molecule has 0 saturated heterocycles. The van der Waals surface area contributed by atoms with Crippen molar-refractivity contribution in [2.24, 2.45) is 0 Å². The summed E-state index contributed by atoms with van der Waals surface area (Å²) in [6, 6.07) is 7.49. The van der Waals surface area contributed by atoms with Crippen LogP contribution >= 0.6 is 27.5 Å². The Labute approximate surface area is 106 Å². The van der Waals surface area contributed by atoms with Crippen molar-refractivity contribution in [3.63, 3.8) is 0 Å². The Balaban J connectivity index is 2.31. The number of hydrogen-bond acceptors (Lipinski definition) is 2. The molecular formula is C11H8BrClN2O. The van der Waals surface area contributed by atoms with Crippen molar-refractivity contribution in [1.29, 1.82) is 0 Å². The molecular weight excluding hydrogens is 291 g/mol. The summed E-state index contributed by atoms with van der Waals surface area (Å²) in [5.41, 5.74) is 0.756. The standard InChI is InChI=1S/C11H8BrClN2O/c12-8-6-14-10(15-11(8)16)5-7-3-1-2-4-9(7)13/h1-4,6H,5H2,(H,14,15,16). The Hall–Kier alpha value is -1.13. The Bertz CT molecular complexity index is 568. The monoisotopic (exact) mass is 298 g/mol. The van der Waals surface area contributed by atoms with E-state index in [1.165, 1.54) is 6.20 Å². The number of aromatic amines is 1. The van der Waals surface area contributed by atoms with Crippen LogP contribution in [0.3, 0.4) is 0 Å². The second-order valence-electron chi connectivity index (χ2n) is 3.28. The van der Waals surface area contributed by atoms with Gasteiger partial charge in [0, 0.05) is 17.6 Å². The zero-order valence-corrected chi connectivity index (χ0v) is 10.5. The van der Waals surface area contributed by atoms with E-state index in [4.69, 9.17) is 11.6 Å². The van der Waals surface area contributed by atoms with E-state index < -0.39 is 0 Å².